The lowest BCUT2D eigenvalue weighted by atomic mass is 10.2. The second kappa shape index (κ2) is 1.97. The number of hydrogen-bond acceptors (Lipinski definition) is 1. The van der Waals surface area contributed by atoms with Gasteiger partial charge in [-0.1, -0.05) is 0 Å². The number of aromatic hydroxyl groups is 1. The van der Waals surface area contributed by atoms with Crippen molar-refractivity contribution in [2.24, 2.45) is 0 Å². The smallest absolute Gasteiger partial charge is 0.115 e. The van der Waals surface area contributed by atoms with Crippen molar-refractivity contribution >= 4 is 5.69 Å². The Morgan fingerprint density at radius 2 is 2.11 bits per heavy atom. The Kier molecular flexibility index (Phi) is 1.30. The molecule has 1 rings (SSSR count). The molecule has 1 aromatic carbocycles. The van der Waals surface area contributed by atoms with E-state index in [1.807, 2.05) is 0 Å². The van der Waals surface area contributed by atoms with Crippen molar-refractivity contribution in [3.8, 4) is 5.75 Å². The highest BCUT2D eigenvalue weighted by Crippen LogP contribution is 2.17. The molecule has 2 N–H and O–H groups in total. The second-order valence-electron chi connectivity index (χ2n) is 2.00. The molecule has 0 aromatic heterocycles. The summed E-state index contributed by atoms with van der Waals surface area (Å²) in [5.74, 6) is 0.225. The lowest BCUT2D eigenvalue weighted by molar-refractivity contribution is 0.475. The van der Waals surface area contributed by atoms with E-state index in [4.69, 9.17) is 10.8 Å². The summed E-state index contributed by atoms with van der Waals surface area (Å²) in [5, 5.41) is 8.85. The normalized spacial score (nSPS) is 9.44. The van der Waals surface area contributed by atoms with Gasteiger partial charge in [-0.15, -0.1) is 0 Å². The van der Waals surface area contributed by atoms with E-state index in [1.165, 1.54) is 6.07 Å². The first-order valence-corrected chi connectivity index (χ1v) is 2.71. The number of phenolic OH excluding ortho intramolecular Hbond substituents is 1. The molecule has 0 spiro atoms. The minimum absolute atomic E-state index is 0.225. The van der Waals surface area contributed by atoms with Crippen LogP contribution in [0.1, 0.15) is 5.56 Å². The van der Waals surface area contributed by atoms with E-state index in [9.17, 15) is 0 Å². The van der Waals surface area contributed by atoms with Crippen molar-refractivity contribution in [2.45, 2.75) is 6.92 Å². The third-order valence-electron chi connectivity index (χ3n) is 1.21. The van der Waals surface area contributed by atoms with Crippen LogP contribution in [0.3, 0.4) is 0 Å². The van der Waals surface area contributed by atoms with Crippen molar-refractivity contribution in [1.82, 2.24) is 5.73 Å². The maximum Gasteiger partial charge on any atom is 0.115 e. The van der Waals surface area contributed by atoms with Crippen LogP contribution in [-0.4, -0.2) is 5.11 Å². The number of hydrogen-bond donors (Lipinski definition) is 1. The van der Waals surface area contributed by atoms with E-state index in [-0.39, 0.29) is 5.75 Å². The van der Waals surface area contributed by atoms with Crippen LogP contribution < -0.4 is 5.73 Å². The van der Waals surface area contributed by atoms with Gasteiger partial charge in [0, 0.05) is 0 Å². The van der Waals surface area contributed by atoms with E-state index in [2.05, 4.69) is 0 Å². The molecule has 0 aliphatic rings. The lowest BCUT2D eigenvalue weighted by Crippen LogP contribution is -1.75. The summed E-state index contributed by atoms with van der Waals surface area (Å²) in [4.78, 5) is 0. The third kappa shape index (κ3) is 1.13. The predicted octanol–water partition coefficient (Wildman–Crippen LogP) is 1.62. The Morgan fingerprint density at radius 3 is 2.56 bits per heavy atom. The van der Waals surface area contributed by atoms with Crippen LogP contribution in [0.25, 0.3) is 0 Å². The Morgan fingerprint density at radius 1 is 1.44 bits per heavy atom. The lowest BCUT2D eigenvalue weighted by Gasteiger charge is -1.96. The molecular formula is C7H8NO. The van der Waals surface area contributed by atoms with Gasteiger partial charge in [-0.3, -0.25) is 0 Å². The summed E-state index contributed by atoms with van der Waals surface area (Å²) < 4.78 is 0. The van der Waals surface area contributed by atoms with Gasteiger partial charge in [0.05, 0.1) is 5.69 Å². The van der Waals surface area contributed by atoms with Crippen molar-refractivity contribution in [1.29, 1.82) is 0 Å². The summed E-state index contributed by atoms with van der Waals surface area (Å²) in [6.07, 6.45) is 0. The zero-order valence-electron chi connectivity index (χ0n) is 5.18. The zero-order chi connectivity index (χ0) is 6.85. The highest BCUT2D eigenvalue weighted by atomic mass is 16.3. The molecule has 47 valence electrons. The van der Waals surface area contributed by atoms with Crippen LogP contribution in [-0.2, 0) is 0 Å². The zero-order valence-corrected chi connectivity index (χ0v) is 5.18. The molecule has 0 fully saturated rings. The van der Waals surface area contributed by atoms with Crippen molar-refractivity contribution in [2.75, 3.05) is 0 Å². The summed E-state index contributed by atoms with van der Waals surface area (Å²) in [6, 6.07) is 4.66. The molecule has 0 aliphatic carbocycles. The molecular weight excluding hydrogens is 114 g/mol. The molecule has 0 saturated heterocycles. The largest absolute Gasteiger partial charge is 0.508 e. The molecule has 0 bridgehead atoms. The number of benzene rings is 1. The van der Waals surface area contributed by atoms with E-state index in [1.54, 1.807) is 19.1 Å². The quantitative estimate of drug-likeness (QED) is 0.522. The molecule has 2 nitrogen and oxygen atoms in total. The average molecular weight is 122 g/mol. The Bertz CT molecular complexity index is 220. The van der Waals surface area contributed by atoms with Crippen LogP contribution in [0.4, 0.5) is 5.69 Å². The van der Waals surface area contributed by atoms with Gasteiger partial charge >= 0.3 is 0 Å². The second-order valence-corrected chi connectivity index (χ2v) is 2.00. The molecule has 0 atom stereocenters. The number of rotatable bonds is 0. The topological polar surface area (TPSA) is 44.0 Å². The van der Waals surface area contributed by atoms with Crippen molar-refractivity contribution in [3.63, 3.8) is 0 Å². The minimum Gasteiger partial charge on any atom is -0.508 e. The molecule has 2 heteroatoms. The summed E-state index contributed by atoms with van der Waals surface area (Å²) in [7, 11) is 0. The summed E-state index contributed by atoms with van der Waals surface area (Å²) in [5.41, 5.74) is 8.47. The van der Waals surface area contributed by atoms with Gasteiger partial charge in [-0.05, 0) is 30.7 Å². The Labute approximate surface area is 53.9 Å². The van der Waals surface area contributed by atoms with Crippen molar-refractivity contribution in [3.05, 3.63) is 23.8 Å². The fourth-order valence-corrected chi connectivity index (χ4v) is 0.648. The first-order valence-electron chi connectivity index (χ1n) is 2.71. The van der Waals surface area contributed by atoms with Gasteiger partial charge < -0.3 is 10.8 Å². The number of phenols is 1. The highest BCUT2D eigenvalue weighted by Gasteiger charge is 1.92. The van der Waals surface area contributed by atoms with Crippen LogP contribution in [0.2, 0.25) is 0 Å². The molecule has 0 unspecified atom stereocenters. The standard InChI is InChI=1S/C7H8NO/c1-5-4-6(9)2-3-7(5)8/h2-4,8-9H,1H3. The minimum atomic E-state index is 0.225. The molecule has 0 heterocycles. The van der Waals surface area contributed by atoms with Gasteiger partial charge in [-0.2, -0.15) is 0 Å². The van der Waals surface area contributed by atoms with Crippen LogP contribution in [0, 0.1) is 6.92 Å². The van der Waals surface area contributed by atoms with Gasteiger partial charge in [0.1, 0.15) is 5.75 Å². The van der Waals surface area contributed by atoms with E-state index in [0.29, 0.717) is 5.69 Å². The highest BCUT2D eigenvalue weighted by molar-refractivity contribution is 5.46. The maximum absolute atomic E-state index is 8.85. The number of aryl methyl sites for hydroxylation is 1. The van der Waals surface area contributed by atoms with Gasteiger partial charge in [0.2, 0.25) is 0 Å². The summed E-state index contributed by atoms with van der Waals surface area (Å²) >= 11 is 0. The maximum atomic E-state index is 8.85. The monoisotopic (exact) mass is 122 g/mol. The van der Waals surface area contributed by atoms with Crippen LogP contribution >= 0.6 is 0 Å². The molecule has 1 aromatic rings. The van der Waals surface area contributed by atoms with E-state index in [0.717, 1.165) is 5.56 Å². The average Bonchev–Trinajstić information content (AvgIpc) is 1.80. The fourth-order valence-electron chi connectivity index (χ4n) is 0.648. The first-order chi connectivity index (χ1) is 4.20. The molecule has 0 amide bonds. The Hall–Kier alpha value is -1.18. The van der Waals surface area contributed by atoms with Gasteiger partial charge in [0.25, 0.3) is 0 Å². The van der Waals surface area contributed by atoms with Crippen LogP contribution in [0.5, 0.6) is 5.75 Å². The van der Waals surface area contributed by atoms with E-state index >= 15 is 0 Å². The fraction of sp³-hybridized carbons (Fsp3) is 0.143. The molecule has 0 saturated carbocycles. The SMILES string of the molecule is Cc1cc(O)ccc1[NH]. The van der Waals surface area contributed by atoms with Gasteiger partial charge in [-0.25, -0.2) is 0 Å². The third-order valence-corrected chi connectivity index (χ3v) is 1.21. The predicted molar refractivity (Wildman–Crippen MR) is 35.6 cm³/mol. The molecule has 0 aliphatic heterocycles. The number of nitrogens with one attached hydrogen (secondary N) is 1. The molecule has 1 radical (unpaired) electrons. The van der Waals surface area contributed by atoms with E-state index < -0.39 is 0 Å². The molecule has 9 heavy (non-hydrogen) atoms. The van der Waals surface area contributed by atoms with Crippen molar-refractivity contribution < 1.29 is 5.11 Å². The first kappa shape index (κ1) is 5.95. The Balaban J connectivity index is 3.17. The van der Waals surface area contributed by atoms with Gasteiger partial charge in [0.15, 0.2) is 0 Å². The summed E-state index contributed by atoms with van der Waals surface area (Å²) in [6.45, 7) is 1.79. The van der Waals surface area contributed by atoms with Crippen LogP contribution in [0.15, 0.2) is 18.2 Å².